The summed E-state index contributed by atoms with van der Waals surface area (Å²) in [7, 11) is 0. The molecule has 0 radical (unpaired) electrons. The lowest BCUT2D eigenvalue weighted by molar-refractivity contribution is -0.382. The second-order valence-electron chi connectivity index (χ2n) is 4.54. The summed E-state index contributed by atoms with van der Waals surface area (Å²) in [4.78, 5) is 16.4. The second-order valence-corrected chi connectivity index (χ2v) is 6.40. The third kappa shape index (κ3) is 2.62. The minimum atomic E-state index is -0.356. The molecule has 108 valence electrons. The first-order valence-corrected chi connectivity index (χ1v) is 8.27. The van der Waals surface area contributed by atoms with Gasteiger partial charge < -0.3 is 5.32 Å². The molecule has 21 heavy (non-hydrogen) atoms. The maximum Gasteiger partial charge on any atom is 0.319 e. The highest BCUT2D eigenvalue weighted by Gasteiger charge is 2.22. The summed E-state index contributed by atoms with van der Waals surface area (Å²) in [6.07, 6.45) is 0.854. The van der Waals surface area contributed by atoms with E-state index in [4.69, 9.17) is 0 Å². The highest BCUT2D eigenvalue weighted by atomic mass is 32.1. The Labute approximate surface area is 129 Å². The van der Waals surface area contributed by atoms with E-state index in [0.29, 0.717) is 11.2 Å². The van der Waals surface area contributed by atoms with E-state index in [1.807, 2.05) is 23.6 Å². The summed E-state index contributed by atoms with van der Waals surface area (Å²) in [6, 6.07) is 7.75. The van der Waals surface area contributed by atoms with Crippen LogP contribution >= 0.6 is 22.7 Å². The Morgan fingerprint density at radius 1 is 1.38 bits per heavy atom. The zero-order chi connectivity index (χ0) is 14.8. The van der Waals surface area contributed by atoms with E-state index < -0.39 is 0 Å². The predicted molar refractivity (Wildman–Crippen MR) is 87.2 cm³/mol. The SMILES string of the molecule is CCC(Nc1ccc2scnc2c1[N+](=O)[O-])c1cccs1. The van der Waals surface area contributed by atoms with Crippen molar-refractivity contribution in [3.63, 3.8) is 0 Å². The first kappa shape index (κ1) is 14.0. The molecule has 1 aromatic carbocycles. The van der Waals surface area contributed by atoms with E-state index in [1.165, 1.54) is 16.2 Å². The van der Waals surface area contributed by atoms with Crippen LogP contribution in [0.1, 0.15) is 24.3 Å². The molecular formula is C14H13N3O2S2. The van der Waals surface area contributed by atoms with Gasteiger partial charge in [0.1, 0.15) is 5.69 Å². The fraction of sp³-hybridized carbons (Fsp3) is 0.214. The first-order valence-electron chi connectivity index (χ1n) is 6.51. The summed E-state index contributed by atoms with van der Waals surface area (Å²) >= 11 is 3.06. The Kier molecular flexibility index (Phi) is 3.85. The minimum absolute atomic E-state index is 0.0590. The van der Waals surface area contributed by atoms with Gasteiger partial charge >= 0.3 is 5.69 Å². The van der Waals surface area contributed by atoms with Gasteiger partial charge in [-0.3, -0.25) is 10.1 Å². The summed E-state index contributed by atoms with van der Waals surface area (Å²) in [6.45, 7) is 2.06. The number of nitro groups is 1. The molecule has 3 aromatic rings. The molecule has 2 heterocycles. The Bertz CT molecular complexity index is 768. The van der Waals surface area contributed by atoms with Gasteiger partial charge in [-0.25, -0.2) is 4.98 Å². The third-order valence-corrected chi connectivity index (χ3v) is 5.06. The quantitative estimate of drug-likeness (QED) is 0.540. The number of rotatable bonds is 5. The van der Waals surface area contributed by atoms with Gasteiger partial charge in [0.05, 0.1) is 21.2 Å². The van der Waals surface area contributed by atoms with E-state index in [1.54, 1.807) is 22.9 Å². The number of hydrogen-bond acceptors (Lipinski definition) is 6. The van der Waals surface area contributed by atoms with E-state index in [-0.39, 0.29) is 16.7 Å². The van der Waals surface area contributed by atoms with E-state index in [0.717, 1.165) is 11.1 Å². The number of aromatic nitrogens is 1. The van der Waals surface area contributed by atoms with Crippen molar-refractivity contribution in [2.45, 2.75) is 19.4 Å². The highest BCUT2D eigenvalue weighted by Crippen LogP contribution is 2.37. The molecular weight excluding hydrogens is 306 g/mol. The Morgan fingerprint density at radius 3 is 2.90 bits per heavy atom. The number of benzene rings is 1. The van der Waals surface area contributed by atoms with Gasteiger partial charge in [0, 0.05) is 4.88 Å². The number of hydrogen-bond donors (Lipinski definition) is 1. The average molecular weight is 319 g/mol. The maximum absolute atomic E-state index is 11.4. The molecule has 0 saturated heterocycles. The minimum Gasteiger partial charge on any atom is -0.372 e. The number of anilines is 1. The zero-order valence-electron chi connectivity index (χ0n) is 11.3. The number of thiazole rings is 1. The van der Waals surface area contributed by atoms with Gasteiger partial charge in [-0.05, 0) is 30.0 Å². The molecule has 0 amide bonds. The number of nitrogens with zero attached hydrogens (tertiary/aromatic N) is 2. The smallest absolute Gasteiger partial charge is 0.319 e. The van der Waals surface area contributed by atoms with Crippen molar-refractivity contribution in [2.75, 3.05) is 5.32 Å². The van der Waals surface area contributed by atoms with Crippen molar-refractivity contribution < 1.29 is 4.92 Å². The van der Waals surface area contributed by atoms with Crippen LogP contribution in [0.5, 0.6) is 0 Å². The van der Waals surface area contributed by atoms with Crippen LogP contribution in [0.3, 0.4) is 0 Å². The van der Waals surface area contributed by atoms with Crippen molar-refractivity contribution in [1.82, 2.24) is 4.98 Å². The van der Waals surface area contributed by atoms with Crippen LogP contribution < -0.4 is 5.32 Å². The molecule has 0 aliphatic rings. The number of fused-ring (bicyclic) bond motifs is 1. The third-order valence-electron chi connectivity index (χ3n) is 3.28. The van der Waals surface area contributed by atoms with Crippen molar-refractivity contribution in [1.29, 1.82) is 0 Å². The molecule has 3 rings (SSSR count). The van der Waals surface area contributed by atoms with Crippen LogP contribution in [0.25, 0.3) is 10.2 Å². The normalized spacial score (nSPS) is 12.4. The van der Waals surface area contributed by atoms with Crippen molar-refractivity contribution >= 4 is 44.3 Å². The molecule has 0 aliphatic heterocycles. The van der Waals surface area contributed by atoms with Crippen LogP contribution in [-0.2, 0) is 0 Å². The standard InChI is InChI=1S/C14H13N3O2S2/c1-2-9(11-4-3-7-20-11)16-10-5-6-12-13(15-8-21-12)14(10)17(18)19/h3-9,16H,2H2,1H3. The fourth-order valence-electron chi connectivity index (χ4n) is 2.27. The number of nitrogens with one attached hydrogen (secondary N) is 1. The van der Waals surface area contributed by atoms with Crippen LogP contribution in [-0.4, -0.2) is 9.91 Å². The Hall–Kier alpha value is -1.99. The van der Waals surface area contributed by atoms with Crippen molar-refractivity contribution in [2.24, 2.45) is 0 Å². The first-order chi connectivity index (χ1) is 10.2. The second kappa shape index (κ2) is 5.79. The maximum atomic E-state index is 11.4. The number of nitro benzene ring substituents is 1. The molecule has 1 atom stereocenters. The van der Waals surface area contributed by atoms with Gasteiger partial charge in [-0.2, -0.15) is 0 Å². The Morgan fingerprint density at radius 2 is 2.24 bits per heavy atom. The van der Waals surface area contributed by atoms with Gasteiger partial charge in [-0.1, -0.05) is 13.0 Å². The van der Waals surface area contributed by atoms with Gasteiger partial charge in [-0.15, -0.1) is 22.7 Å². The molecule has 2 aromatic heterocycles. The summed E-state index contributed by atoms with van der Waals surface area (Å²) < 4.78 is 0.830. The van der Waals surface area contributed by atoms with Crippen LogP contribution in [0, 0.1) is 10.1 Å². The molecule has 0 spiro atoms. The van der Waals surface area contributed by atoms with Crippen LogP contribution in [0.15, 0.2) is 35.2 Å². The number of thiophene rings is 1. The summed E-state index contributed by atoms with van der Waals surface area (Å²) in [5.74, 6) is 0. The van der Waals surface area contributed by atoms with Crippen LogP contribution in [0.2, 0.25) is 0 Å². The average Bonchev–Trinajstić information content (AvgIpc) is 3.14. The Balaban J connectivity index is 2.03. The lowest BCUT2D eigenvalue weighted by atomic mass is 10.1. The van der Waals surface area contributed by atoms with Gasteiger partial charge in [0.15, 0.2) is 5.52 Å². The van der Waals surface area contributed by atoms with Crippen molar-refractivity contribution in [3.8, 4) is 0 Å². The monoisotopic (exact) mass is 319 g/mol. The lowest BCUT2D eigenvalue weighted by Crippen LogP contribution is -2.09. The van der Waals surface area contributed by atoms with Crippen LogP contribution in [0.4, 0.5) is 11.4 Å². The molecule has 7 heteroatoms. The molecule has 0 fully saturated rings. The molecule has 0 saturated carbocycles. The van der Waals surface area contributed by atoms with Gasteiger partial charge in [0.2, 0.25) is 0 Å². The molecule has 5 nitrogen and oxygen atoms in total. The molecule has 0 bridgehead atoms. The lowest BCUT2D eigenvalue weighted by Gasteiger charge is -2.16. The summed E-state index contributed by atoms with van der Waals surface area (Å²) in [5, 5.41) is 16.7. The topological polar surface area (TPSA) is 68.1 Å². The van der Waals surface area contributed by atoms with E-state index in [2.05, 4.69) is 17.2 Å². The zero-order valence-corrected chi connectivity index (χ0v) is 12.9. The fourth-order valence-corrected chi connectivity index (χ4v) is 3.81. The highest BCUT2D eigenvalue weighted by molar-refractivity contribution is 7.16. The molecule has 1 N–H and O–H groups in total. The van der Waals surface area contributed by atoms with E-state index in [9.17, 15) is 10.1 Å². The predicted octanol–water partition coefficient (Wildman–Crippen LogP) is 4.83. The van der Waals surface area contributed by atoms with Crippen molar-refractivity contribution in [3.05, 3.63) is 50.1 Å². The summed E-state index contributed by atoms with van der Waals surface area (Å²) in [5.41, 5.74) is 2.68. The molecule has 0 aliphatic carbocycles. The molecule has 1 unspecified atom stereocenters. The van der Waals surface area contributed by atoms with Gasteiger partial charge in [0.25, 0.3) is 0 Å². The van der Waals surface area contributed by atoms with E-state index >= 15 is 0 Å². The largest absolute Gasteiger partial charge is 0.372 e.